The van der Waals surface area contributed by atoms with Crippen LogP contribution in [0.25, 0.3) is 0 Å². The molecule has 0 radical (unpaired) electrons. The van der Waals surface area contributed by atoms with Gasteiger partial charge in [-0.3, -0.25) is 13.9 Å². The van der Waals surface area contributed by atoms with Crippen LogP contribution in [-0.2, 0) is 26.2 Å². The summed E-state index contributed by atoms with van der Waals surface area (Å²) < 4.78 is 25.4. The molecule has 7 nitrogen and oxygen atoms in total. The molecule has 1 heterocycles. The van der Waals surface area contributed by atoms with E-state index >= 15 is 0 Å². The molecule has 0 atom stereocenters. The van der Waals surface area contributed by atoms with Gasteiger partial charge in [0.15, 0.2) is 0 Å². The highest BCUT2D eigenvalue weighted by Crippen LogP contribution is 2.33. The Kier molecular flexibility index (Phi) is 6.12. The van der Waals surface area contributed by atoms with Crippen LogP contribution in [0.15, 0.2) is 42.5 Å². The predicted molar refractivity (Wildman–Crippen MR) is 109 cm³/mol. The van der Waals surface area contributed by atoms with Gasteiger partial charge in [0.05, 0.1) is 16.5 Å². The van der Waals surface area contributed by atoms with E-state index in [-0.39, 0.29) is 28.7 Å². The third-order valence-electron chi connectivity index (χ3n) is 4.18. The molecular weight excluding hydrogens is 425 g/mol. The standard InChI is InChI=1S/C18H17Cl2N3O4S/c19-14-5-2-1-4-12(14)11-21-17(24)18(25)22-13-6-7-15(20)16(10-13)23-8-3-9-28(23,26)27/h1-2,4-7,10H,3,8-9,11H2,(H,21,24)(H,22,25). The van der Waals surface area contributed by atoms with Gasteiger partial charge in [-0.2, -0.15) is 0 Å². The maximum Gasteiger partial charge on any atom is 0.313 e. The highest BCUT2D eigenvalue weighted by molar-refractivity contribution is 7.93. The highest BCUT2D eigenvalue weighted by Gasteiger charge is 2.30. The van der Waals surface area contributed by atoms with Gasteiger partial charge in [0.1, 0.15) is 0 Å². The second-order valence-corrected chi connectivity index (χ2v) is 8.96. The minimum absolute atomic E-state index is 0.0460. The summed E-state index contributed by atoms with van der Waals surface area (Å²) in [7, 11) is -3.42. The number of nitrogens with zero attached hydrogens (tertiary/aromatic N) is 1. The zero-order valence-corrected chi connectivity index (χ0v) is 16.9. The molecule has 2 N–H and O–H groups in total. The van der Waals surface area contributed by atoms with E-state index in [0.29, 0.717) is 23.6 Å². The Hall–Kier alpha value is -2.29. The van der Waals surface area contributed by atoms with E-state index in [1.807, 2.05) is 0 Å². The lowest BCUT2D eigenvalue weighted by Crippen LogP contribution is -2.35. The van der Waals surface area contributed by atoms with Crippen LogP contribution in [0.3, 0.4) is 0 Å². The molecule has 1 fully saturated rings. The molecule has 10 heteroatoms. The number of anilines is 2. The third-order valence-corrected chi connectivity index (χ3v) is 6.72. The van der Waals surface area contributed by atoms with Gasteiger partial charge < -0.3 is 10.6 Å². The van der Waals surface area contributed by atoms with Gasteiger partial charge >= 0.3 is 11.8 Å². The fraction of sp³-hybridized carbons (Fsp3) is 0.222. The molecule has 1 saturated heterocycles. The predicted octanol–water partition coefficient (Wildman–Crippen LogP) is 2.79. The molecule has 2 aromatic carbocycles. The zero-order valence-electron chi connectivity index (χ0n) is 14.6. The summed E-state index contributed by atoms with van der Waals surface area (Å²) >= 11 is 12.1. The first-order valence-electron chi connectivity index (χ1n) is 8.40. The fourth-order valence-corrected chi connectivity index (χ4v) is 4.82. The Morgan fingerprint density at radius 2 is 1.79 bits per heavy atom. The molecule has 1 aliphatic heterocycles. The molecule has 1 aliphatic rings. The molecule has 3 rings (SSSR count). The van der Waals surface area contributed by atoms with Gasteiger partial charge in [0, 0.05) is 23.8 Å². The van der Waals surface area contributed by atoms with Crippen molar-refractivity contribution in [2.45, 2.75) is 13.0 Å². The average Bonchev–Trinajstić information content (AvgIpc) is 3.01. The Balaban J connectivity index is 1.68. The first kappa shape index (κ1) is 20.4. The van der Waals surface area contributed by atoms with E-state index < -0.39 is 21.8 Å². The summed E-state index contributed by atoms with van der Waals surface area (Å²) in [6, 6.07) is 11.4. The van der Waals surface area contributed by atoms with Gasteiger partial charge in [-0.05, 0) is 36.2 Å². The Morgan fingerprint density at radius 1 is 1.04 bits per heavy atom. The summed E-state index contributed by atoms with van der Waals surface area (Å²) in [5.41, 5.74) is 1.21. The lowest BCUT2D eigenvalue weighted by Gasteiger charge is -2.19. The van der Waals surface area contributed by atoms with E-state index in [9.17, 15) is 18.0 Å². The van der Waals surface area contributed by atoms with E-state index in [4.69, 9.17) is 23.2 Å². The van der Waals surface area contributed by atoms with Crippen molar-refractivity contribution >= 4 is 56.4 Å². The molecule has 28 heavy (non-hydrogen) atoms. The Morgan fingerprint density at radius 3 is 2.46 bits per heavy atom. The minimum atomic E-state index is -3.42. The van der Waals surface area contributed by atoms with E-state index in [0.717, 1.165) is 0 Å². The van der Waals surface area contributed by atoms with Crippen molar-refractivity contribution in [1.82, 2.24) is 5.32 Å². The number of hydrogen-bond donors (Lipinski definition) is 2. The normalized spacial score (nSPS) is 15.3. The first-order chi connectivity index (χ1) is 13.3. The number of halogens is 2. The fourth-order valence-electron chi connectivity index (χ4n) is 2.78. The molecular formula is C18H17Cl2N3O4S. The third kappa shape index (κ3) is 4.57. The van der Waals surface area contributed by atoms with Crippen molar-refractivity contribution in [2.24, 2.45) is 0 Å². The van der Waals surface area contributed by atoms with E-state index in [2.05, 4.69) is 10.6 Å². The lowest BCUT2D eigenvalue weighted by molar-refractivity contribution is -0.136. The van der Waals surface area contributed by atoms with Crippen LogP contribution >= 0.6 is 23.2 Å². The molecule has 0 spiro atoms. The van der Waals surface area contributed by atoms with Gasteiger partial charge in [-0.1, -0.05) is 41.4 Å². The average molecular weight is 442 g/mol. The Labute approximate surface area is 172 Å². The topological polar surface area (TPSA) is 95.6 Å². The van der Waals surface area contributed by atoms with Gasteiger partial charge in [0.2, 0.25) is 10.0 Å². The zero-order chi connectivity index (χ0) is 20.3. The molecule has 0 bridgehead atoms. The summed E-state index contributed by atoms with van der Waals surface area (Å²) in [5.74, 6) is -1.68. The van der Waals surface area contributed by atoms with Crippen LogP contribution in [0.4, 0.5) is 11.4 Å². The molecule has 2 aromatic rings. The summed E-state index contributed by atoms with van der Waals surface area (Å²) in [4.78, 5) is 24.2. The second kappa shape index (κ2) is 8.38. The highest BCUT2D eigenvalue weighted by atomic mass is 35.5. The lowest BCUT2D eigenvalue weighted by atomic mass is 10.2. The van der Waals surface area contributed by atoms with Gasteiger partial charge in [-0.25, -0.2) is 8.42 Å². The van der Waals surface area contributed by atoms with Crippen molar-refractivity contribution in [3.8, 4) is 0 Å². The van der Waals surface area contributed by atoms with E-state index in [1.54, 1.807) is 24.3 Å². The summed E-state index contributed by atoms with van der Waals surface area (Å²) in [5, 5.41) is 5.66. The number of sulfonamides is 1. The number of carbonyl (C=O) groups excluding carboxylic acids is 2. The van der Waals surface area contributed by atoms with Crippen molar-refractivity contribution in [2.75, 3.05) is 21.9 Å². The molecule has 0 aromatic heterocycles. The van der Waals surface area contributed by atoms with E-state index in [1.165, 1.54) is 22.5 Å². The number of hydrogen-bond acceptors (Lipinski definition) is 4. The monoisotopic (exact) mass is 441 g/mol. The van der Waals surface area contributed by atoms with Crippen molar-refractivity contribution in [3.05, 3.63) is 58.1 Å². The van der Waals surface area contributed by atoms with Crippen LogP contribution in [0, 0.1) is 0 Å². The van der Waals surface area contributed by atoms with Crippen molar-refractivity contribution in [3.63, 3.8) is 0 Å². The summed E-state index contributed by atoms with van der Waals surface area (Å²) in [6.45, 7) is 0.418. The van der Waals surface area contributed by atoms with Crippen LogP contribution in [0.1, 0.15) is 12.0 Å². The van der Waals surface area contributed by atoms with Crippen LogP contribution < -0.4 is 14.9 Å². The molecule has 0 aliphatic carbocycles. The SMILES string of the molecule is O=C(NCc1ccccc1Cl)C(=O)Nc1ccc(Cl)c(N2CCCS2(=O)=O)c1. The molecule has 0 unspecified atom stereocenters. The number of nitrogens with one attached hydrogen (secondary N) is 2. The van der Waals surface area contributed by atoms with Crippen LogP contribution in [-0.4, -0.2) is 32.5 Å². The molecule has 0 saturated carbocycles. The first-order valence-corrected chi connectivity index (χ1v) is 10.8. The Bertz CT molecular complexity index is 1030. The van der Waals surface area contributed by atoms with Crippen LogP contribution in [0.2, 0.25) is 10.0 Å². The number of rotatable bonds is 4. The van der Waals surface area contributed by atoms with Crippen molar-refractivity contribution < 1.29 is 18.0 Å². The maximum absolute atomic E-state index is 12.1. The number of benzene rings is 2. The quantitative estimate of drug-likeness (QED) is 0.712. The number of carbonyl (C=O) groups is 2. The second-order valence-electron chi connectivity index (χ2n) is 6.14. The summed E-state index contributed by atoms with van der Waals surface area (Å²) in [6.07, 6.45) is 0.500. The van der Waals surface area contributed by atoms with Crippen LogP contribution in [0.5, 0.6) is 0 Å². The van der Waals surface area contributed by atoms with Crippen molar-refractivity contribution in [1.29, 1.82) is 0 Å². The van der Waals surface area contributed by atoms with Gasteiger partial charge in [0.25, 0.3) is 0 Å². The smallest absolute Gasteiger partial charge is 0.313 e. The number of amides is 2. The maximum atomic E-state index is 12.1. The van der Waals surface area contributed by atoms with Gasteiger partial charge in [-0.15, -0.1) is 0 Å². The largest absolute Gasteiger partial charge is 0.344 e. The molecule has 148 valence electrons. The molecule has 2 amide bonds. The minimum Gasteiger partial charge on any atom is -0.344 e.